The van der Waals surface area contributed by atoms with Gasteiger partial charge in [0, 0.05) is 0 Å². The first-order chi connectivity index (χ1) is 14.8. The summed E-state index contributed by atoms with van der Waals surface area (Å²) in [7, 11) is 0. The van der Waals surface area contributed by atoms with Crippen molar-refractivity contribution in [3.05, 3.63) is 12.2 Å². The molecule has 0 bridgehead atoms. The van der Waals surface area contributed by atoms with Gasteiger partial charge in [-0.15, -0.1) is 0 Å². The predicted molar refractivity (Wildman–Crippen MR) is 131 cm³/mol. The molecule has 0 saturated heterocycles. The van der Waals surface area contributed by atoms with E-state index in [2.05, 4.69) is 48.1 Å². The Morgan fingerprint density at radius 3 is 2.22 bits per heavy atom. The van der Waals surface area contributed by atoms with Gasteiger partial charge in [0.1, 0.15) is 6.29 Å². The Hall–Kier alpha value is -0.630. The fourth-order valence-electron chi connectivity index (χ4n) is 11.4. The maximum atomic E-state index is 11.8. The number of fused-ring (bicyclic) bond motifs is 7. The van der Waals surface area contributed by atoms with Gasteiger partial charge in [-0.2, -0.15) is 0 Å². The third-order valence-corrected chi connectivity index (χ3v) is 13.5. The van der Waals surface area contributed by atoms with Crippen molar-refractivity contribution in [1.82, 2.24) is 0 Å². The largest absolute Gasteiger partial charge is 0.393 e. The van der Waals surface area contributed by atoms with Crippen molar-refractivity contribution in [3.8, 4) is 0 Å². The molecule has 0 aromatic carbocycles. The lowest BCUT2D eigenvalue weighted by Crippen LogP contribution is -2.66. The van der Waals surface area contributed by atoms with Crippen molar-refractivity contribution in [2.24, 2.45) is 56.7 Å². The Balaban J connectivity index is 1.54. The van der Waals surface area contributed by atoms with Gasteiger partial charge < -0.3 is 5.11 Å². The standard InChI is InChI=1S/C30H48O2/c1-19(18-31)20-10-13-27(4)16-17-29(6)21(25(20)27)8-9-23-28(5)14-12-24(32)26(2,3)22(28)11-15-30(23,29)7/h18,20-25,32H,1,8-17H2,2-7H3/t20-,21+,22-,23+,24-,25+,27+,28-,29+,30+/m0/s1. The zero-order valence-corrected chi connectivity index (χ0v) is 21.7. The first-order valence-corrected chi connectivity index (χ1v) is 13.7. The van der Waals surface area contributed by atoms with E-state index < -0.39 is 0 Å². The number of carbonyl (C=O) groups excluding carboxylic acids is 1. The number of hydrogen-bond acceptors (Lipinski definition) is 2. The van der Waals surface area contributed by atoms with E-state index in [0.29, 0.717) is 45.3 Å². The van der Waals surface area contributed by atoms with Crippen molar-refractivity contribution in [1.29, 1.82) is 0 Å². The molecule has 2 nitrogen and oxygen atoms in total. The summed E-state index contributed by atoms with van der Waals surface area (Å²) in [5.41, 5.74) is 2.33. The van der Waals surface area contributed by atoms with Crippen LogP contribution in [0.4, 0.5) is 0 Å². The lowest BCUT2D eigenvalue weighted by atomic mass is 9.32. The normalized spacial score (nSPS) is 56.3. The lowest BCUT2D eigenvalue weighted by Gasteiger charge is -2.72. The average Bonchev–Trinajstić information content (AvgIpc) is 3.09. The van der Waals surface area contributed by atoms with E-state index in [0.717, 1.165) is 30.6 Å². The van der Waals surface area contributed by atoms with Crippen LogP contribution >= 0.6 is 0 Å². The molecule has 5 fully saturated rings. The smallest absolute Gasteiger partial charge is 0.145 e. The molecule has 0 radical (unpaired) electrons. The summed E-state index contributed by atoms with van der Waals surface area (Å²) in [6, 6.07) is 0. The van der Waals surface area contributed by atoms with Crippen LogP contribution in [0.1, 0.15) is 106 Å². The number of aldehydes is 1. The number of aliphatic hydroxyl groups is 1. The van der Waals surface area contributed by atoms with Crippen LogP contribution in [0.15, 0.2) is 12.2 Å². The Morgan fingerprint density at radius 1 is 0.812 bits per heavy atom. The highest BCUT2D eigenvalue weighted by Crippen LogP contribution is 2.77. The zero-order valence-electron chi connectivity index (χ0n) is 21.7. The highest BCUT2D eigenvalue weighted by Gasteiger charge is 2.70. The van der Waals surface area contributed by atoms with Crippen LogP contribution in [0.3, 0.4) is 0 Å². The number of rotatable bonds is 2. The maximum absolute atomic E-state index is 11.8. The quantitative estimate of drug-likeness (QED) is 0.364. The molecule has 10 atom stereocenters. The van der Waals surface area contributed by atoms with E-state index in [1.807, 2.05) is 0 Å². The second kappa shape index (κ2) is 6.96. The summed E-state index contributed by atoms with van der Waals surface area (Å²) >= 11 is 0. The molecule has 5 saturated carbocycles. The minimum atomic E-state index is -0.152. The summed E-state index contributed by atoms with van der Waals surface area (Å²) in [6.45, 7) is 19.4. The fourth-order valence-corrected chi connectivity index (χ4v) is 11.4. The van der Waals surface area contributed by atoms with E-state index in [1.54, 1.807) is 0 Å². The summed E-state index contributed by atoms with van der Waals surface area (Å²) in [6.07, 6.45) is 13.4. The van der Waals surface area contributed by atoms with E-state index in [-0.39, 0.29) is 11.5 Å². The second-order valence-corrected chi connectivity index (χ2v) is 14.6. The van der Waals surface area contributed by atoms with Crippen LogP contribution in [0.2, 0.25) is 0 Å². The van der Waals surface area contributed by atoms with Gasteiger partial charge in [-0.25, -0.2) is 0 Å². The van der Waals surface area contributed by atoms with Crippen LogP contribution in [0.5, 0.6) is 0 Å². The number of hydrogen-bond donors (Lipinski definition) is 1. The summed E-state index contributed by atoms with van der Waals surface area (Å²) in [4.78, 5) is 11.8. The highest BCUT2D eigenvalue weighted by atomic mass is 16.3. The molecule has 0 aliphatic heterocycles. The van der Waals surface area contributed by atoms with Crippen LogP contribution in [-0.2, 0) is 4.79 Å². The maximum Gasteiger partial charge on any atom is 0.145 e. The molecule has 5 rings (SSSR count). The van der Waals surface area contributed by atoms with E-state index in [9.17, 15) is 9.90 Å². The molecule has 5 aliphatic carbocycles. The zero-order chi connectivity index (χ0) is 23.3. The van der Waals surface area contributed by atoms with Gasteiger partial charge >= 0.3 is 0 Å². The van der Waals surface area contributed by atoms with Gasteiger partial charge in [0.25, 0.3) is 0 Å². The Kier molecular flexibility index (Phi) is 5.03. The third-order valence-electron chi connectivity index (χ3n) is 13.5. The molecular formula is C30H48O2. The van der Waals surface area contributed by atoms with Crippen LogP contribution < -0.4 is 0 Å². The monoisotopic (exact) mass is 440 g/mol. The topological polar surface area (TPSA) is 37.3 Å². The molecular weight excluding hydrogens is 392 g/mol. The Labute approximate surface area is 197 Å². The van der Waals surface area contributed by atoms with Gasteiger partial charge in [0.05, 0.1) is 6.10 Å². The van der Waals surface area contributed by atoms with Crippen LogP contribution in [-0.4, -0.2) is 17.5 Å². The molecule has 5 aliphatic rings. The minimum Gasteiger partial charge on any atom is -0.393 e. The number of allylic oxidation sites excluding steroid dienone is 1. The van der Waals surface area contributed by atoms with Crippen molar-refractivity contribution >= 4 is 6.29 Å². The molecule has 0 spiro atoms. The summed E-state index contributed by atoms with van der Waals surface area (Å²) in [5, 5.41) is 10.9. The van der Waals surface area contributed by atoms with Gasteiger partial charge in [-0.05, 0) is 126 Å². The van der Waals surface area contributed by atoms with Crippen LogP contribution in [0, 0.1) is 56.7 Å². The SMILES string of the molecule is C=C(C=O)[C@@H]1CC[C@]2(C)CC[C@]3(C)[C@H](CC[C@@H]4[C@@]5(C)CC[C@H](O)C(C)(C)[C@@H]5CC[C@]43C)[C@@H]12. The first-order valence-electron chi connectivity index (χ1n) is 13.7. The Bertz CT molecular complexity index is 814. The lowest BCUT2D eigenvalue weighted by molar-refractivity contribution is -0.246. The van der Waals surface area contributed by atoms with Gasteiger partial charge in [0.2, 0.25) is 0 Å². The molecule has 0 amide bonds. The van der Waals surface area contributed by atoms with Crippen molar-refractivity contribution < 1.29 is 9.90 Å². The molecule has 0 aromatic heterocycles. The molecule has 0 heterocycles. The number of aliphatic hydroxyl groups excluding tert-OH is 1. The Morgan fingerprint density at radius 2 is 1.53 bits per heavy atom. The van der Waals surface area contributed by atoms with Gasteiger partial charge in [-0.3, -0.25) is 4.79 Å². The van der Waals surface area contributed by atoms with Crippen LogP contribution in [0.25, 0.3) is 0 Å². The highest BCUT2D eigenvalue weighted by molar-refractivity contribution is 5.73. The second-order valence-electron chi connectivity index (χ2n) is 14.6. The average molecular weight is 441 g/mol. The van der Waals surface area contributed by atoms with E-state index in [4.69, 9.17) is 0 Å². The molecule has 32 heavy (non-hydrogen) atoms. The molecule has 180 valence electrons. The molecule has 1 N–H and O–H groups in total. The summed E-state index contributed by atoms with van der Waals surface area (Å²) in [5.74, 6) is 3.12. The fraction of sp³-hybridized carbons (Fsp3) is 0.900. The van der Waals surface area contributed by atoms with E-state index in [1.165, 1.54) is 51.4 Å². The third kappa shape index (κ3) is 2.65. The minimum absolute atomic E-state index is 0.0233. The van der Waals surface area contributed by atoms with Gasteiger partial charge in [-0.1, -0.05) is 48.1 Å². The van der Waals surface area contributed by atoms with Gasteiger partial charge in [0.15, 0.2) is 0 Å². The first kappa shape index (κ1) is 23.1. The molecule has 2 heteroatoms. The van der Waals surface area contributed by atoms with Crippen molar-refractivity contribution in [2.75, 3.05) is 0 Å². The number of carbonyl (C=O) groups is 1. The molecule has 0 aromatic rings. The summed E-state index contributed by atoms with van der Waals surface area (Å²) < 4.78 is 0. The molecule has 0 unspecified atom stereocenters. The van der Waals surface area contributed by atoms with Crippen molar-refractivity contribution in [3.63, 3.8) is 0 Å². The predicted octanol–water partition coefficient (Wildman–Crippen LogP) is 7.20. The van der Waals surface area contributed by atoms with E-state index >= 15 is 0 Å². The van der Waals surface area contributed by atoms with Crippen molar-refractivity contribution in [2.45, 2.75) is 112 Å².